The van der Waals surface area contributed by atoms with Gasteiger partial charge in [0.25, 0.3) is 8.05 Å². The minimum atomic E-state index is -4.38. The number of alkyl halides is 3. The smallest absolute Gasteiger partial charge is 0.419 e. The van der Waals surface area contributed by atoms with E-state index in [0.29, 0.717) is 12.9 Å². The number of benzene rings is 1. The molecule has 0 saturated carbocycles. The Balaban J connectivity index is 0.00000172. The average Bonchev–Trinajstić information content (AvgIpc) is 2.44. The van der Waals surface area contributed by atoms with Gasteiger partial charge in [-0.3, -0.25) is 0 Å². The Kier molecular flexibility index (Phi) is 10.0. The lowest BCUT2D eigenvalue weighted by Crippen LogP contribution is -2.19. The van der Waals surface area contributed by atoms with Crippen LogP contribution in [0.25, 0.3) is 0 Å². The monoisotopic (exact) mass is 286 g/mol. The van der Waals surface area contributed by atoms with Gasteiger partial charge in [-0.1, -0.05) is 19.1 Å². The molecule has 3 nitrogen and oxygen atoms in total. The van der Waals surface area contributed by atoms with Gasteiger partial charge >= 0.3 is 13.7 Å². The van der Waals surface area contributed by atoms with Gasteiger partial charge in [-0.25, -0.2) is 0 Å². The second-order valence-corrected chi connectivity index (χ2v) is 3.82. The third-order valence-corrected chi connectivity index (χ3v) is 2.27. The van der Waals surface area contributed by atoms with Crippen LogP contribution in [0.5, 0.6) is 5.75 Å². The van der Waals surface area contributed by atoms with Crippen LogP contribution in [-0.2, 0) is 6.18 Å². The van der Waals surface area contributed by atoms with Crippen molar-refractivity contribution in [3.63, 3.8) is 0 Å². The molecule has 1 aromatic carbocycles. The van der Waals surface area contributed by atoms with Crippen molar-refractivity contribution in [1.29, 1.82) is 0 Å². The summed E-state index contributed by atoms with van der Waals surface area (Å²) in [4.78, 5) is 0. The van der Waals surface area contributed by atoms with E-state index in [4.69, 9.17) is 9.68 Å². The van der Waals surface area contributed by atoms with Gasteiger partial charge in [0, 0.05) is 0 Å². The topological polar surface area (TPSA) is 41.5 Å². The lowest BCUT2D eigenvalue weighted by Gasteiger charge is -2.13. The number of hydrogen-bond donors (Lipinski definition) is 2. The largest absolute Gasteiger partial charge is 0.563 e. The normalized spacial score (nSPS) is 10.4. The molecule has 0 heterocycles. The van der Waals surface area contributed by atoms with Gasteiger partial charge in [0.2, 0.25) is 0 Å². The summed E-state index contributed by atoms with van der Waals surface area (Å²) in [6, 6.07) is 5.20. The fourth-order valence-corrected chi connectivity index (χ4v) is 1.42. The summed E-state index contributed by atoms with van der Waals surface area (Å²) in [5.41, 5.74) is -0.747. The first-order valence-electron chi connectivity index (χ1n) is 6.16. The lowest BCUT2D eigenvalue weighted by atomic mass is 9.95. The van der Waals surface area contributed by atoms with Gasteiger partial charge in [0.1, 0.15) is 5.75 Å². The zero-order chi connectivity index (χ0) is 15.4. The lowest BCUT2D eigenvalue weighted by molar-refractivity contribution is -0.138. The van der Waals surface area contributed by atoms with Crippen molar-refractivity contribution in [2.45, 2.75) is 25.8 Å². The van der Waals surface area contributed by atoms with E-state index in [1.807, 2.05) is 6.92 Å². The van der Waals surface area contributed by atoms with E-state index in [-0.39, 0.29) is 5.75 Å². The van der Waals surface area contributed by atoms with E-state index in [1.54, 1.807) is 0 Å². The zero-order valence-electron chi connectivity index (χ0n) is 11.3. The summed E-state index contributed by atoms with van der Waals surface area (Å²) in [6.07, 6.45) is -2.80. The maximum absolute atomic E-state index is 12.6. The molecule has 20 heavy (non-hydrogen) atoms. The summed E-state index contributed by atoms with van der Waals surface area (Å²) in [5, 5.41) is 9.63. The van der Waals surface area contributed by atoms with Crippen LogP contribution in [0, 0.1) is 0 Å². The molecule has 3 radical (unpaired) electrons. The molecule has 1 rings (SSSR count). The number of para-hydroxylation sites is 1. The Hall–Kier alpha value is -1.14. The summed E-state index contributed by atoms with van der Waals surface area (Å²) in [7, 11) is 4.90. The molecule has 2 N–H and O–H groups in total. The number of nitrogens with one attached hydrogen (secondary N) is 1. The minimum Gasteiger partial charge on any atom is -0.563 e. The quantitative estimate of drug-likeness (QED) is 0.596. The standard InChI is InChI=1S/C12H16BF3NO.BHO/c1-2-8-17-9-7-13-18-11-6-4-3-5-10(11)12(14,15)16;1-2/h3-6,17H,2,7-9H2,1H3;2H. The molecule has 0 atom stereocenters. The SMILES string of the molecule is CCCNCC[B]Oc1ccccc1C(F)(F)F.[B]O. The van der Waals surface area contributed by atoms with E-state index in [1.165, 1.54) is 25.7 Å². The van der Waals surface area contributed by atoms with Crippen LogP contribution < -0.4 is 9.97 Å². The van der Waals surface area contributed by atoms with E-state index in [9.17, 15) is 13.2 Å². The second kappa shape index (κ2) is 10.6. The van der Waals surface area contributed by atoms with Crippen molar-refractivity contribution in [2.75, 3.05) is 13.1 Å². The number of hydrogen-bond acceptors (Lipinski definition) is 3. The minimum absolute atomic E-state index is 0.152. The van der Waals surface area contributed by atoms with Crippen LogP contribution in [0.15, 0.2) is 24.3 Å². The van der Waals surface area contributed by atoms with Gasteiger partial charge < -0.3 is 15.0 Å². The van der Waals surface area contributed by atoms with Gasteiger partial charge in [-0.05, 0) is 38.0 Å². The second-order valence-electron chi connectivity index (χ2n) is 3.82. The van der Waals surface area contributed by atoms with Crippen molar-refractivity contribution in [3.8, 4) is 5.75 Å². The summed E-state index contributed by atoms with van der Waals surface area (Å²) in [6.45, 7) is 3.64. The van der Waals surface area contributed by atoms with Crippen LogP contribution in [0.4, 0.5) is 13.2 Å². The molecule has 0 aromatic heterocycles. The molecule has 8 heteroatoms. The maximum atomic E-state index is 12.6. The third kappa shape index (κ3) is 7.45. The molecular weight excluding hydrogens is 269 g/mol. The Labute approximate surface area is 119 Å². The molecule has 0 amide bonds. The van der Waals surface area contributed by atoms with Gasteiger partial charge in [-0.2, -0.15) is 13.2 Å². The third-order valence-electron chi connectivity index (χ3n) is 2.27. The summed E-state index contributed by atoms with van der Waals surface area (Å²) < 4.78 is 42.9. The fourth-order valence-electron chi connectivity index (χ4n) is 1.42. The molecule has 1 aromatic rings. The van der Waals surface area contributed by atoms with Crippen LogP contribution in [0.3, 0.4) is 0 Å². The molecular formula is C12H17B2F3NO2. The Morgan fingerprint density at radius 3 is 2.50 bits per heavy atom. The zero-order valence-corrected chi connectivity index (χ0v) is 11.3. The first-order chi connectivity index (χ1) is 9.55. The first-order valence-corrected chi connectivity index (χ1v) is 6.16. The van der Waals surface area contributed by atoms with E-state index in [0.717, 1.165) is 19.0 Å². The summed E-state index contributed by atoms with van der Waals surface area (Å²) in [5.74, 6) is -0.152. The van der Waals surface area contributed by atoms with Crippen LogP contribution in [0.1, 0.15) is 18.9 Å². The maximum Gasteiger partial charge on any atom is 0.419 e. The number of rotatable bonds is 7. The molecule has 0 aliphatic carbocycles. The number of halogens is 3. The molecule has 0 unspecified atom stereocenters. The van der Waals surface area contributed by atoms with Crippen molar-refractivity contribution < 1.29 is 22.8 Å². The van der Waals surface area contributed by atoms with Gasteiger partial charge in [0.15, 0.2) is 0 Å². The highest BCUT2D eigenvalue weighted by Gasteiger charge is 2.33. The van der Waals surface area contributed by atoms with Crippen molar-refractivity contribution in [2.24, 2.45) is 0 Å². The highest BCUT2D eigenvalue weighted by atomic mass is 19.4. The van der Waals surface area contributed by atoms with E-state index >= 15 is 0 Å². The summed E-state index contributed by atoms with van der Waals surface area (Å²) >= 11 is 0. The molecule has 109 valence electrons. The van der Waals surface area contributed by atoms with Crippen molar-refractivity contribution in [3.05, 3.63) is 29.8 Å². The molecule has 0 bridgehead atoms. The van der Waals surface area contributed by atoms with Gasteiger partial charge in [0.05, 0.1) is 5.56 Å². The van der Waals surface area contributed by atoms with Crippen LogP contribution in [0.2, 0.25) is 6.32 Å². The van der Waals surface area contributed by atoms with Crippen LogP contribution >= 0.6 is 0 Å². The Bertz CT molecular complexity index is 365. The van der Waals surface area contributed by atoms with Gasteiger partial charge in [-0.15, -0.1) is 0 Å². The first kappa shape index (κ1) is 18.9. The molecule has 0 fully saturated rings. The predicted octanol–water partition coefficient (Wildman–Crippen LogP) is 2.18. The highest BCUT2D eigenvalue weighted by Crippen LogP contribution is 2.35. The molecule has 0 aliphatic rings. The Morgan fingerprint density at radius 1 is 1.25 bits per heavy atom. The Morgan fingerprint density at radius 2 is 1.90 bits per heavy atom. The van der Waals surface area contributed by atoms with Crippen LogP contribution in [-0.4, -0.2) is 33.6 Å². The predicted molar refractivity (Wildman–Crippen MR) is 73.8 cm³/mol. The molecule has 0 aliphatic heterocycles. The highest BCUT2D eigenvalue weighted by molar-refractivity contribution is 6.28. The fraction of sp³-hybridized carbons (Fsp3) is 0.500. The van der Waals surface area contributed by atoms with E-state index in [2.05, 4.69) is 13.4 Å². The molecule has 0 saturated heterocycles. The van der Waals surface area contributed by atoms with Crippen molar-refractivity contribution >= 4 is 15.5 Å². The van der Waals surface area contributed by atoms with E-state index < -0.39 is 11.7 Å². The molecule has 0 spiro atoms. The van der Waals surface area contributed by atoms with Crippen molar-refractivity contribution in [1.82, 2.24) is 5.32 Å². The average molecular weight is 286 g/mol.